The van der Waals surface area contributed by atoms with Crippen molar-refractivity contribution in [2.75, 3.05) is 36.5 Å². The second-order valence-corrected chi connectivity index (χ2v) is 8.81. The first-order valence-electron chi connectivity index (χ1n) is 9.25. The molecule has 1 atom stereocenters. The van der Waals surface area contributed by atoms with Gasteiger partial charge in [-0.3, -0.25) is 4.79 Å². The number of nitrogens with zero attached hydrogens (tertiary/aromatic N) is 2. The first-order valence-corrected chi connectivity index (χ1v) is 10.9. The van der Waals surface area contributed by atoms with E-state index < -0.39 is 0 Å². The lowest BCUT2D eigenvalue weighted by molar-refractivity contribution is -0.115. The highest BCUT2D eigenvalue weighted by Crippen LogP contribution is 2.49. The molecule has 5 nitrogen and oxygen atoms in total. The topological polar surface area (TPSA) is 54.5 Å². The molecule has 2 aliphatic rings. The summed E-state index contributed by atoms with van der Waals surface area (Å²) in [6.07, 6.45) is 0. The van der Waals surface area contributed by atoms with Crippen molar-refractivity contribution in [3.63, 3.8) is 0 Å². The molecular weight excluding hydrogens is 390 g/mol. The summed E-state index contributed by atoms with van der Waals surface area (Å²) in [6, 6.07) is 18.1. The van der Waals surface area contributed by atoms with Gasteiger partial charge in [-0.25, -0.2) is 4.98 Å². The fourth-order valence-corrected chi connectivity index (χ4v) is 5.86. The molecule has 0 radical (unpaired) electrons. The maximum absolute atomic E-state index is 12.9. The predicted molar refractivity (Wildman–Crippen MR) is 114 cm³/mol. The van der Waals surface area contributed by atoms with E-state index >= 15 is 0 Å². The molecule has 0 aliphatic carbocycles. The van der Waals surface area contributed by atoms with E-state index in [4.69, 9.17) is 9.72 Å². The third-order valence-corrected chi connectivity index (χ3v) is 7.46. The number of rotatable bonds is 3. The molecule has 0 bridgehead atoms. The number of nitrogens with one attached hydrogen (secondary N) is 1. The van der Waals surface area contributed by atoms with Crippen LogP contribution >= 0.6 is 23.1 Å². The molecule has 1 aromatic heterocycles. The molecule has 1 amide bonds. The highest BCUT2D eigenvalue weighted by Gasteiger charge is 2.33. The van der Waals surface area contributed by atoms with Crippen molar-refractivity contribution < 1.29 is 9.53 Å². The number of carbonyl (C=O) groups excluding carboxylic acids is 1. The average Bonchev–Trinajstić information content (AvgIpc) is 3.20. The Balaban J connectivity index is 1.57. The number of hydrogen-bond donors (Lipinski definition) is 1. The Morgan fingerprint density at radius 1 is 1.04 bits per heavy atom. The third-order valence-electron chi connectivity index (χ3n) is 4.84. The van der Waals surface area contributed by atoms with Gasteiger partial charge >= 0.3 is 0 Å². The van der Waals surface area contributed by atoms with Crippen LogP contribution in [0.15, 0.2) is 59.5 Å². The van der Waals surface area contributed by atoms with Crippen LogP contribution in [0.5, 0.6) is 0 Å². The van der Waals surface area contributed by atoms with Crippen molar-refractivity contribution in [1.82, 2.24) is 4.98 Å². The van der Waals surface area contributed by atoms with Crippen LogP contribution < -0.4 is 10.2 Å². The zero-order valence-electron chi connectivity index (χ0n) is 15.1. The molecule has 3 heterocycles. The minimum Gasteiger partial charge on any atom is -0.378 e. The van der Waals surface area contributed by atoms with Crippen LogP contribution in [0, 0.1) is 0 Å². The van der Waals surface area contributed by atoms with Crippen LogP contribution in [-0.2, 0) is 9.53 Å². The minimum absolute atomic E-state index is 0.0121. The van der Waals surface area contributed by atoms with E-state index in [2.05, 4.69) is 28.4 Å². The molecule has 0 saturated carbocycles. The Morgan fingerprint density at radius 2 is 1.79 bits per heavy atom. The van der Waals surface area contributed by atoms with Gasteiger partial charge in [0.1, 0.15) is 5.25 Å². The molecule has 142 valence electrons. The number of benzene rings is 2. The highest BCUT2D eigenvalue weighted by molar-refractivity contribution is 8.00. The predicted octanol–water partition coefficient (Wildman–Crippen LogP) is 4.43. The van der Waals surface area contributed by atoms with Crippen LogP contribution in [-0.4, -0.2) is 37.2 Å². The van der Waals surface area contributed by atoms with Gasteiger partial charge < -0.3 is 15.0 Å². The first kappa shape index (κ1) is 17.7. The smallest absolute Gasteiger partial charge is 0.243 e. The Labute approximate surface area is 171 Å². The SMILES string of the molecule is O=C1Nc2ccccc2SC1c1sc(N2CCOCC2)nc1-c1ccccc1. The van der Waals surface area contributed by atoms with E-state index in [0.29, 0.717) is 13.2 Å². The van der Waals surface area contributed by atoms with Crippen LogP contribution in [0.2, 0.25) is 0 Å². The zero-order valence-corrected chi connectivity index (χ0v) is 16.8. The molecule has 1 saturated heterocycles. The maximum atomic E-state index is 12.9. The molecule has 1 fully saturated rings. The number of para-hydroxylation sites is 1. The molecule has 2 aromatic carbocycles. The van der Waals surface area contributed by atoms with Crippen molar-refractivity contribution in [3.05, 3.63) is 59.5 Å². The van der Waals surface area contributed by atoms with Gasteiger partial charge in [0.2, 0.25) is 5.91 Å². The van der Waals surface area contributed by atoms with Crippen LogP contribution in [0.3, 0.4) is 0 Å². The summed E-state index contributed by atoms with van der Waals surface area (Å²) in [5.74, 6) is 0.0121. The molecule has 3 aromatic rings. The normalized spacial score (nSPS) is 19.2. The first-order chi connectivity index (χ1) is 13.8. The lowest BCUT2D eigenvalue weighted by Gasteiger charge is -2.26. The van der Waals surface area contributed by atoms with Crippen LogP contribution in [0.1, 0.15) is 10.1 Å². The Kier molecular flexibility index (Phi) is 4.80. The summed E-state index contributed by atoms with van der Waals surface area (Å²) in [6.45, 7) is 3.07. The van der Waals surface area contributed by atoms with Gasteiger partial charge in [-0.2, -0.15) is 0 Å². The van der Waals surface area contributed by atoms with Gasteiger partial charge in [-0.05, 0) is 12.1 Å². The average molecular weight is 410 g/mol. The summed E-state index contributed by atoms with van der Waals surface area (Å²) in [5.41, 5.74) is 2.83. The van der Waals surface area contributed by atoms with E-state index in [0.717, 1.165) is 44.9 Å². The quantitative estimate of drug-likeness (QED) is 0.693. The summed E-state index contributed by atoms with van der Waals surface area (Å²) in [5, 5.41) is 3.72. The number of thioether (sulfide) groups is 1. The number of ether oxygens (including phenoxy) is 1. The molecular formula is C21H19N3O2S2. The largest absolute Gasteiger partial charge is 0.378 e. The van der Waals surface area contributed by atoms with Crippen molar-refractivity contribution in [2.24, 2.45) is 0 Å². The zero-order chi connectivity index (χ0) is 18.9. The summed E-state index contributed by atoms with van der Waals surface area (Å²) >= 11 is 3.23. The number of fused-ring (bicyclic) bond motifs is 1. The number of thiazole rings is 1. The Morgan fingerprint density at radius 3 is 2.61 bits per heavy atom. The number of morpholine rings is 1. The van der Waals surface area contributed by atoms with Gasteiger partial charge in [0.25, 0.3) is 0 Å². The molecule has 1 N–H and O–H groups in total. The molecule has 28 heavy (non-hydrogen) atoms. The summed E-state index contributed by atoms with van der Waals surface area (Å²) in [4.78, 5) is 22.3. The molecule has 5 rings (SSSR count). The van der Waals surface area contributed by atoms with Crippen molar-refractivity contribution in [1.29, 1.82) is 0 Å². The van der Waals surface area contributed by atoms with E-state index in [9.17, 15) is 4.79 Å². The van der Waals surface area contributed by atoms with E-state index in [1.165, 1.54) is 0 Å². The molecule has 0 spiro atoms. The Hall–Kier alpha value is -2.35. The Bertz CT molecular complexity index is 1000. The van der Waals surface area contributed by atoms with Gasteiger partial charge in [0.05, 0.1) is 29.5 Å². The van der Waals surface area contributed by atoms with Crippen LogP contribution in [0.25, 0.3) is 11.3 Å². The summed E-state index contributed by atoms with van der Waals surface area (Å²) in [7, 11) is 0. The standard InChI is InChI=1S/C21H19N3O2S2/c25-20-19(27-16-9-5-4-8-15(16)22-20)18-17(14-6-2-1-3-7-14)23-21(28-18)24-10-12-26-13-11-24/h1-9,19H,10-13H2,(H,22,25). The number of anilines is 2. The van der Waals surface area contributed by atoms with Crippen molar-refractivity contribution in [2.45, 2.75) is 10.1 Å². The van der Waals surface area contributed by atoms with Crippen molar-refractivity contribution >= 4 is 39.8 Å². The second kappa shape index (κ2) is 7.58. The number of carbonyl (C=O) groups is 1. The molecule has 7 heteroatoms. The minimum atomic E-state index is -0.308. The maximum Gasteiger partial charge on any atom is 0.243 e. The number of amides is 1. The third kappa shape index (κ3) is 3.30. The number of aromatic nitrogens is 1. The van der Waals surface area contributed by atoms with Gasteiger partial charge in [0, 0.05) is 23.5 Å². The lowest BCUT2D eigenvalue weighted by Crippen LogP contribution is -2.36. The van der Waals surface area contributed by atoms with E-state index in [-0.39, 0.29) is 11.2 Å². The van der Waals surface area contributed by atoms with E-state index in [1.54, 1.807) is 23.1 Å². The van der Waals surface area contributed by atoms with Gasteiger partial charge in [-0.15, -0.1) is 11.8 Å². The number of hydrogen-bond acceptors (Lipinski definition) is 6. The van der Waals surface area contributed by atoms with Gasteiger partial charge in [-0.1, -0.05) is 53.8 Å². The lowest BCUT2D eigenvalue weighted by atomic mass is 10.1. The molecule has 1 unspecified atom stereocenters. The summed E-state index contributed by atoms with van der Waals surface area (Å²) < 4.78 is 5.48. The van der Waals surface area contributed by atoms with E-state index in [1.807, 2.05) is 36.4 Å². The van der Waals surface area contributed by atoms with Crippen LogP contribution in [0.4, 0.5) is 10.8 Å². The van der Waals surface area contributed by atoms with Crippen molar-refractivity contribution in [3.8, 4) is 11.3 Å². The highest BCUT2D eigenvalue weighted by atomic mass is 32.2. The second-order valence-electron chi connectivity index (χ2n) is 6.66. The van der Waals surface area contributed by atoms with Gasteiger partial charge in [0.15, 0.2) is 5.13 Å². The monoisotopic (exact) mass is 409 g/mol. The fraction of sp³-hybridized carbons (Fsp3) is 0.238. The molecule has 2 aliphatic heterocycles. The fourth-order valence-electron chi connectivity index (χ4n) is 3.41.